The van der Waals surface area contributed by atoms with E-state index in [1.165, 1.54) is 7.11 Å². The zero-order chi connectivity index (χ0) is 16.3. The molecule has 1 unspecified atom stereocenters. The molecule has 0 aliphatic carbocycles. The van der Waals surface area contributed by atoms with Crippen LogP contribution in [0, 0.1) is 6.92 Å². The van der Waals surface area contributed by atoms with Gasteiger partial charge in [-0.25, -0.2) is 4.39 Å². The highest BCUT2D eigenvalue weighted by molar-refractivity contribution is 9.10. The molecular weight excluding hydrogens is 373 g/mol. The van der Waals surface area contributed by atoms with Gasteiger partial charge in [0, 0.05) is 10.0 Å². The molecule has 0 spiro atoms. The molecule has 1 amide bonds. The van der Waals surface area contributed by atoms with Crippen molar-refractivity contribution in [1.82, 2.24) is 5.32 Å². The number of aryl methyl sites for hydroxylation is 1. The minimum Gasteiger partial charge on any atom is -0.495 e. The predicted molar refractivity (Wildman–Crippen MR) is 88.2 cm³/mol. The first-order chi connectivity index (χ1) is 10.5. The summed E-state index contributed by atoms with van der Waals surface area (Å²) in [6, 6.07) is 10.1. The van der Waals surface area contributed by atoms with Crippen LogP contribution in [0.15, 0.2) is 40.9 Å². The zero-order valence-corrected chi connectivity index (χ0v) is 14.3. The maximum Gasteiger partial charge on any atom is 0.253 e. The molecule has 116 valence electrons. The number of rotatable bonds is 4. The molecule has 0 fully saturated rings. The number of alkyl halides is 1. The number of hydrogen-bond donors (Lipinski definition) is 1. The number of methoxy groups -OCH3 is 1. The summed E-state index contributed by atoms with van der Waals surface area (Å²) in [7, 11) is 1.41. The van der Waals surface area contributed by atoms with Crippen molar-refractivity contribution in [2.24, 2.45) is 0 Å². The van der Waals surface area contributed by atoms with Crippen LogP contribution >= 0.6 is 27.5 Å². The van der Waals surface area contributed by atoms with Gasteiger partial charge < -0.3 is 10.1 Å². The first kappa shape index (κ1) is 16.8. The van der Waals surface area contributed by atoms with E-state index in [1.54, 1.807) is 43.3 Å². The summed E-state index contributed by atoms with van der Waals surface area (Å²) in [5, 5.41) is 2.58. The van der Waals surface area contributed by atoms with Gasteiger partial charge in [0.15, 0.2) is 0 Å². The van der Waals surface area contributed by atoms with Gasteiger partial charge in [-0.15, -0.1) is 0 Å². The Bertz CT molecular complexity index is 694. The number of ether oxygens (including phenoxy) is 1. The molecule has 2 aromatic carbocycles. The Morgan fingerprint density at radius 2 is 2.00 bits per heavy atom. The molecular formula is C16H14BrClFNO2. The Kier molecular flexibility index (Phi) is 5.42. The molecule has 2 rings (SSSR count). The minimum atomic E-state index is -1.73. The van der Waals surface area contributed by atoms with Crippen LogP contribution < -0.4 is 10.1 Å². The first-order valence-corrected chi connectivity index (χ1v) is 7.65. The summed E-state index contributed by atoms with van der Waals surface area (Å²) in [6.07, 6.45) is -1.73. The molecule has 0 aromatic heterocycles. The highest BCUT2D eigenvalue weighted by Gasteiger charge is 2.24. The topological polar surface area (TPSA) is 38.3 Å². The van der Waals surface area contributed by atoms with E-state index in [0.29, 0.717) is 15.6 Å². The highest BCUT2D eigenvalue weighted by Crippen LogP contribution is 2.40. The lowest BCUT2D eigenvalue weighted by Crippen LogP contribution is -2.26. The van der Waals surface area contributed by atoms with Crippen LogP contribution in [0.4, 0.5) is 4.39 Å². The Morgan fingerprint density at radius 1 is 1.36 bits per heavy atom. The van der Waals surface area contributed by atoms with Crippen molar-refractivity contribution in [2.75, 3.05) is 7.11 Å². The summed E-state index contributed by atoms with van der Waals surface area (Å²) in [6.45, 7) is 1.72. The van der Waals surface area contributed by atoms with Gasteiger partial charge >= 0.3 is 0 Å². The Morgan fingerprint density at radius 3 is 2.59 bits per heavy atom. The molecule has 0 saturated heterocycles. The maximum atomic E-state index is 14.6. The minimum absolute atomic E-state index is 0.203. The van der Waals surface area contributed by atoms with Crippen LogP contribution in [0.3, 0.4) is 0 Å². The molecule has 3 nitrogen and oxygen atoms in total. The molecule has 0 bridgehead atoms. The van der Waals surface area contributed by atoms with Crippen LogP contribution in [-0.4, -0.2) is 13.0 Å². The number of carbonyl (C=O) groups excluding carboxylic acids is 1. The molecule has 2 aromatic rings. The number of nitrogens with one attached hydrogen (secondary N) is 1. The maximum absolute atomic E-state index is 14.6. The third kappa shape index (κ3) is 3.42. The second kappa shape index (κ2) is 7.11. The van der Waals surface area contributed by atoms with E-state index in [9.17, 15) is 9.18 Å². The van der Waals surface area contributed by atoms with Gasteiger partial charge in [-0.2, -0.15) is 0 Å². The second-order valence-corrected chi connectivity index (χ2v) is 5.87. The van der Waals surface area contributed by atoms with E-state index in [2.05, 4.69) is 21.2 Å². The van der Waals surface area contributed by atoms with E-state index < -0.39 is 12.2 Å². The first-order valence-electron chi connectivity index (χ1n) is 6.48. The van der Waals surface area contributed by atoms with Gasteiger partial charge in [0.05, 0.1) is 17.7 Å². The summed E-state index contributed by atoms with van der Waals surface area (Å²) in [5.74, 6) is -0.303. The average molecular weight is 387 g/mol. The Hall–Kier alpha value is -1.59. The lowest BCUT2D eigenvalue weighted by molar-refractivity contribution is 0.0892. The van der Waals surface area contributed by atoms with E-state index in [0.717, 1.165) is 0 Å². The third-order valence-corrected chi connectivity index (χ3v) is 4.40. The Labute approximate surface area is 141 Å². The normalized spacial score (nSPS) is 11.9. The number of amides is 1. The van der Waals surface area contributed by atoms with E-state index >= 15 is 0 Å². The van der Waals surface area contributed by atoms with Crippen LogP contribution in [0.25, 0.3) is 0 Å². The SMILES string of the molecule is COc1c(Cl)c(Br)cc(C)c1C(F)NC(=O)c1ccccc1. The van der Waals surface area contributed by atoms with Crippen LogP contribution in [0.1, 0.15) is 27.8 Å². The van der Waals surface area contributed by atoms with E-state index in [1.807, 2.05) is 0 Å². The van der Waals surface area contributed by atoms with E-state index in [-0.39, 0.29) is 16.3 Å². The van der Waals surface area contributed by atoms with E-state index in [4.69, 9.17) is 16.3 Å². The third-order valence-electron chi connectivity index (χ3n) is 3.17. The van der Waals surface area contributed by atoms with Crippen LogP contribution in [0.5, 0.6) is 5.75 Å². The number of carbonyl (C=O) groups is 1. The van der Waals surface area contributed by atoms with Gasteiger partial charge in [-0.05, 0) is 46.6 Å². The van der Waals surface area contributed by atoms with Crippen LogP contribution in [-0.2, 0) is 0 Å². The molecule has 1 atom stereocenters. The summed E-state index contributed by atoms with van der Waals surface area (Å²) in [4.78, 5) is 12.1. The summed E-state index contributed by atoms with van der Waals surface area (Å²) < 4.78 is 20.4. The number of benzene rings is 2. The quantitative estimate of drug-likeness (QED) is 0.765. The molecule has 6 heteroatoms. The standard InChI is InChI=1S/C16H14BrClFNO2/c1-9-8-11(17)13(18)14(22-2)12(9)15(19)20-16(21)10-6-4-3-5-7-10/h3-8,15H,1-2H3,(H,20,21). The van der Waals surface area contributed by atoms with Crippen molar-refractivity contribution in [2.45, 2.75) is 13.2 Å². The van der Waals surface area contributed by atoms with Gasteiger partial charge in [-0.1, -0.05) is 29.8 Å². The monoisotopic (exact) mass is 385 g/mol. The average Bonchev–Trinajstić information content (AvgIpc) is 2.51. The smallest absolute Gasteiger partial charge is 0.253 e. The molecule has 0 aliphatic rings. The van der Waals surface area contributed by atoms with Gasteiger partial charge in [0.1, 0.15) is 5.75 Å². The van der Waals surface area contributed by atoms with Crippen molar-refractivity contribution in [3.05, 3.63) is 62.6 Å². The highest BCUT2D eigenvalue weighted by atomic mass is 79.9. The van der Waals surface area contributed by atoms with Gasteiger partial charge in [0.25, 0.3) is 5.91 Å². The molecule has 0 radical (unpaired) electrons. The van der Waals surface area contributed by atoms with Crippen molar-refractivity contribution < 1.29 is 13.9 Å². The molecule has 0 heterocycles. The van der Waals surface area contributed by atoms with Crippen LogP contribution in [0.2, 0.25) is 5.02 Å². The molecule has 22 heavy (non-hydrogen) atoms. The fraction of sp³-hybridized carbons (Fsp3) is 0.188. The molecule has 0 saturated carbocycles. The largest absolute Gasteiger partial charge is 0.495 e. The molecule has 1 N–H and O–H groups in total. The predicted octanol–water partition coefficient (Wildman–Crippen LogP) is 4.82. The van der Waals surface area contributed by atoms with Crippen molar-refractivity contribution in [1.29, 1.82) is 0 Å². The fourth-order valence-electron chi connectivity index (χ4n) is 2.11. The lowest BCUT2D eigenvalue weighted by atomic mass is 10.1. The number of halogens is 3. The second-order valence-electron chi connectivity index (χ2n) is 4.64. The lowest BCUT2D eigenvalue weighted by Gasteiger charge is -2.18. The van der Waals surface area contributed by atoms with Gasteiger partial charge in [0.2, 0.25) is 6.30 Å². The Balaban J connectivity index is 2.32. The summed E-state index contributed by atoms with van der Waals surface area (Å²) in [5.41, 5.74) is 1.21. The fourth-order valence-corrected chi connectivity index (χ4v) is 2.87. The van der Waals surface area contributed by atoms with Crippen molar-refractivity contribution >= 4 is 33.4 Å². The number of hydrogen-bond acceptors (Lipinski definition) is 2. The van der Waals surface area contributed by atoms with Crippen molar-refractivity contribution in [3.8, 4) is 5.75 Å². The summed E-state index contributed by atoms with van der Waals surface area (Å²) >= 11 is 9.40. The van der Waals surface area contributed by atoms with Gasteiger partial charge in [-0.3, -0.25) is 4.79 Å². The zero-order valence-electron chi connectivity index (χ0n) is 12.0. The molecule has 0 aliphatic heterocycles. The van der Waals surface area contributed by atoms with Crippen molar-refractivity contribution in [3.63, 3.8) is 0 Å².